The van der Waals surface area contributed by atoms with Gasteiger partial charge in [-0.05, 0) is 41.8 Å². The van der Waals surface area contributed by atoms with E-state index in [1.807, 2.05) is 24.3 Å². The minimum absolute atomic E-state index is 0.101. The lowest BCUT2D eigenvalue weighted by Crippen LogP contribution is -2.14. The van der Waals surface area contributed by atoms with Crippen LogP contribution in [0.2, 0.25) is 0 Å². The van der Waals surface area contributed by atoms with Gasteiger partial charge in [0.1, 0.15) is 5.82 Å². The molecule has 2 aromatic carbocycles. The number of rotatable bonds is 4. The first-order valence-electron chi connectivity index (χ1n) is 6.30. The molecule has 1 amide bonds. The van der Waals surface area contributed by atoms with Crippen LogP contribution in [0.4, 0.5) is 10.1 Å². The van der Waals surface area contributed by atoms with Crippen molar-refractivity contribution < 1.29 is 9.18 Å². The number of halogens is 1. The first-order chi connectivity index (χ1) is 9.17. The van der Waals surface area contributed by atoms with Gasteiger partial charge in [0.25, 0.3) is 0 Å². The summed E-state index contributed by atoms with van der Waals surface area (Å²) in [5.74, 6) is -0.413. The van der Waals surface area contributed by atoms with Gasteiger partial charge in [0.05, 0.1) is 6.42 Å². The van der Waals surface area contributed by atoms with Gasteiger partial charge in [-0.25, -0.2) is 4.39 Å². The zero-order chi connectivity index (χ0) is 13.7. The van der Waals surface area contributed by atoms with Crippen LogP contribution < -0.4 is 5.32 Å². The van der Waals surface area contributed by atoms with Crippen molar-refractivity contribution in [3.8, 4) is 0 Å². The first-order valence-corrected chi connectivity index (χ1v) is 6.30. The Balaban J connectivity index is 1.95. The van der Waals surface area contributed by atoms with Crippen molar-refractivity contribution in [1.29, 1.82) is 0 Å². The minimum Gasteiger partial charge on any atom is -0.326 e. The Morgan fingerprint density at radius 3 is 2.16 bits per heavy atom. The zero-order valence-electron chi connectivity index (χ0n) is 10.8. The summed E-state index contributed by atoms with van der Waals surface area (Å²) in [6.45, 7) is 2.09. The third kappa shape index (κ3) is 3.91. The lowest BCUT2D eigenvalue weighted by Gasteiger charge is -2.06. The van der Waals surface area contributed by atoms with Crippen molar-refractivity contribution >= 4 is 11.6 Å². The molecule has 0 aromatic heterocycles. The number of carbonyl (C=O) groups is 1. The second-order valence-electron chi connectivity index (χ2n) is 4.40. The fourth-order valence-corrected chi connectivity index (χ4v) is 1.82. The number of hydrogen-bond donors (Lipinski definition) is 1. The quantitative estimate of drug-likeness (QED) is 0.891. The Hall–Kier alpha value is -2.16. The highest BCUT2D eigenvalue weighted by atomic mass is 19.1. The van der Waals surface area contributed by atoms with Crippen molar-refractivity contribution in [1.82, 2.24) is 0 Å². The van der Waals surface area contributed by atoms with Gasteiger partial charge < -0.3 is 5.32 Å². The monoisotopic (exact) mass is 257 g/mol. The van der Waals surface area contributed by atoms with Crippen LogP contribution in [-0.2, 0) is 17.6 Å². The molecule has 0 spiro atoms. The number of aryl methyl sites for hydroxylation is 1. The van der Waals surface area contributed by atoms with Gasteiger partial charge in [-0.3, -0.25) is 4.79 Å². The third-order valence-corrected chi connectivity index (χ3v) is 2.92. The Morgan fingerprint density at radius 2 is 1.58 bits per heavy atom. The van der Waals surface area contributed by atoms with Gasteiger partial charge in [-0.2, -0.15) is 0 Å². The molecule has 2 nitrogen and oxygen atoms in total. The van der Waals surface area contributed by atoms with Gasteiger partial charge in [-0.15, -0.1) is 0 Å². The molecule has 0 saturated heterocycles. The van der Waals surface area contributed by atoms with Crippen LogP contribution in [0, 0.1) is 5.82 Å². The summed E-state index contributed by atoms with van der Waals surface area (Å²) in [5, 5.41) is 2.74. The molecular formula is C16H16FNO. The Labute approximate surface area is 112 Å². The second-order valence-corrected chi connectivity index (χ2v) is 4.40. The van der Waals surface area contributed by atoms with E-state index in [0.717, 1.165) is 12.0 Å². The van der Waals surface area contributed by atoms with E-state index in [0.29, 0.717) is 12.1 Å². The second kappa shape index (κ2) is 6.14. The van der Waals surface area contributed by atoms with Gasteiger partial charge in [0.15, 0.2) is 0 Å². The van der Waals surface area contributed by atoms with E-state index in [1.165, 1.54) is 17.7 Å². The molecule has 2 aromatic rings. The number of nitrogens with one attached hydrogen (secondary N) is 1. The molecule has 98 valence electrons. The van der Waals surface area contributed by atoms with Crippen molar-refractivity contribution in [3.05, 3.63) is 65.5 Å². The Morgan fingerprint density at radius 1 is 1.00 bits per heavy atom. The summed E-state index contributed by atoms with van der Waals surface area (Å²) < 4.78 is 12.7. The molecule has 0 atom stereocenters. The van der Waals surface area contributed by atoms with Crippen molar-refractivity contribution in [2.24, 2.45) is 0 Å². The molecule has 0 bridgehead atoms. The molecule has 0 fully saturated rings. The Kier molecular flexibility index (Phi) is 4.29. The normalized spacial score (nSPS) is 10.2. The molecule has 0 aliphatic rings. The molecule has 1 N–H and O–H groups in total. The molecule has 19 heavy (non-hydrogen) atoms. The highest BCUT2D eigenvalue weighted by Crippen LogP contribution is 2.10. The van der Waals surface area contributed by atoms with Crippen molar-refractivity contribution in [2.75, 3.05) is 5.32 Å². The summed E-state index contributed by atoms with van der Waals surface area (Å²) >= 11 is 0. The highest BCUT2D eigenvalue weighted by molar-refractivity contribution is 5.92. The van der Waals surface area contributed by atoms with Crippen molar-refractivity contribution in [3.63, 3.8) is 0 Å². The molecule has 0 radical (unpaired) electrons. The number of hydrogen-bond acceptors (Lipinski definition) is 1. The van der Waals surface area contributed by atoms with E-state index in [2.05, 4.69) is 12.2 Å². The summed E-state index contributed by atoms with van der Waals surface area (Å²) in [6.07, 6.45) is 1.31. The van der Waals surface area contributed by atoms with E-state index >= 15 is 0 Å². The zero-order valence-corrected chi connectivity index (χ0v) is 10.8. The third-order valence-electron chi connectivity index (χ3n) is 2.92. The average Bonchev–Trinajstić information content (AvgIpc) is 2.42. The molecule has 0 saturated carbocycles. The van der Waals surface area contributed by atoms with Gasteiger partial charge in [0.2, 0.25) is 5.91 Å². The molecule has 3 heteroatoms. The van der Waals surface area contributed by atoms with Crippen LogP contribution in [0.1, 0.15) is 18.1 Å². The van der Waals surface area contributed by atoms with E-state index in [1.54, 1.807) is 12.1 Å². The number of benzene rings is 2. The van der Waals surface area contributed by atoms with E-state index in [-0.39, 0.29) is 11.7 Å². The number of amides is 1. The summed E-state index contributed by atoms with van der Waals surface area (Å²) in [5.41, 5.74) is 2.83. The topological polar surface area (TPSA) is 29.1 Å². The van der Waals surface area contributed by atoms with Gasteiger partial charge in [0, 0.05) is 5.69 Å². The van der Waals surface area contributed by atoms with Crippen LogP contribution in [0.25, 0.3) is 0 Å². The maximum absolute atomic E-state index is 12.7. The number of carbonyl (C=O) groups excluding carboxylic acids is 1. The predicted octanol–water partition coefficient (Wildman–Crippen LogP) is 3.57. The van der Waals surface area contributed by atoms with E-state index in [4.69, 9.17) is 0 Å². The predicted molar refractivity (Wildman–Crippen MR) is 74.6 cm³/mol. The van der Waals surface area contributed by atoms with Crippen LogP contribution in [0.3, 0.4) is 0 Å². The van der Waals surface area contributed by atoms with Crippen LogP contribution >= 0.6 is 0 Å². The maximum Gasteiger partial charge on any atom is 0.228 e. The smallest absolute Gasteiger partial charge is 0.228 e. The van der Waals surface area contributed by atoms with Crippen LogP contribution in [0.15, 0.2) is 48.5 Å². The number of anilines is 1. The maximum atomic E-state index is 12.7. The lowest BCUT2D eigenvalue weighted by atomic mass is 10.1. The largest absolute Gasteiger partial charge is 0.326 e. The molecule has 2 rings (SSSR count). The first kappa shape index (κ1) is 13.3. The molecule has 0 aliphatic heterocycles. The molecular weight excluding hydrogens is 241 g/mol. The van der Waals surface area contributed by atoms with E-state index < -0.39 is 0 Å². The SMILES string of the molecule is CCc1ccc(CC(=O)Nc2ccc(F)cc2)cc1. The Bertz CT molecular complexity index is 546. The van der Waals surface area contributed by atoms with Crippen molar-refractivity contribution in [2.45, 2.75) is 19.8 Å². The fraction of sp³-hybridized carbons (Fsp3) is 0.188. The molecule has 0 heterocycles. The van der Waals surface area contributed by atoms with E-state index in [9.17, 15) is 9.18 Å². The molecule has 0 unspecified atom stereocenters. The molecule has 0 aliphatic carbocycles. The van der Waals surface area contributed by atoms with Gasteiger partial charge in [-0.1, -0.05) is 31.2 Å². The minimum atomic E-state index is -0.312. The lowest BCUT2D eigenvalue weighted by molar-refractivity contribution is -0.115. The standard InChI is InChI=1S/C16H16FNO/c1-2-12-3-5-13(6-4-12)11-16(19)18-15-9-7-14(17)8-10-15/h3-10H,2,11H2,1H3,(H,18,19). The van der Waals surface area contributed by atoms with Gasteiger partial charge >= 0.3 is 0 Å². The van der Waals surface area contributed by atoms with Crippen LogP contribution in [-0.4, -0.2) is 5.91 Å². The highest BCUT2D eigenvalue weighted by Gasteiger charge is 2.04. The summed E-state index contributed by atoms with van der Waals surface area (Å²) in [4.78, 5) is 11.8. The average molecular weight is 257 g/mol. The van der Waals surface area contributed by atoms with Crippen LogP contribution in [0.5, 0.6) is 0 Å². The fourth-order valence-electron chi connectivity index (χ4n) is 1.82. The summed E-state index contributed by atoms with van der Waals surface area (Å²) in [6, 6.07) is 13.7. The summed E-state index contributed by atoms with van der Waals surface area (Å²) in [7, 11) is 0.